The molecule has 14 nitrogen and oxygen atoms in total. The van der Waals surface area contributed by atoms with Crippen molar-refractivity contribution < 1.29 is 38.1 Å². The molecular weight excluding hydrogens is 380 g/mol. The Morgan fingerprint density at radius 1 is 0.893 bits per heavy atom. The van der Waals surface area contributed by atoms with Crippen molar-refractivity contribution >= 4 is 24.4 Å². The predicted molar refractivity (Wildman–Crippen MR) is 87.3 cm³/mol. The predicted octanol–water partition coefficient (Wildman–Crippen LogP) is -1.18. The van der Waals surface area contributed by atoms with E-state index in [9.17, 15) is 19.2 Å². The number of carbonyl (C=O) groups excluding carboxylic acids is 4. The van der Waals surface area contributed by atoms with Crippen LogP contribution in [0.2, 0.25) is 0 Å². The van der Waals surface area contributed by atoms with Crippen LogP contribution in [0.3, 0.4) is 0 Å². The quantitative estimate of drug-likeness (QED) is 0.295. The highest BCUT2D eigenvalue weighted by Crippen LogP contribution is 2.96. The Labute approximate surface area is 158 Å². The van der Waals surface area contributed by atoms with Crippen molar-refractivity contribution in [1.29, 1.82) is 0 Å². The van der Waals surface area contributed by atoms with E-state index in [0.29, 0.717) is 0 Å². The molecule has 8 N–H and O–H groups in total. The lowest BCUT2D eigenvalue weighted by atomic mass is 9.71. The average molecular weight is 402 g/mol. The fourth-order valence-corrected chi connectivity index (χ4v) is 4.65. The Morgan fingerprint density at radius 3 is 1.71 bits per heavy atom. The molecule has 4 aliphatic rings. The van der Waals surface area contributed by atoms with Crippen molar-refractivity contribution in [3.8, 4) is 0 Å². The third-order valence-corrected chi connectivity index (χ3v) is 5.16. The number of nitrogens with zero attached hydrogens (tertiary/aromatic N) is 2. The van der Waals surface area contributed by atoms with E-state index in [4.69, 9.17) is 37.1 Å². The standard InChI is InChI=1S/C14H22N6O8/c1-11(2,3)12-13(27-9(17)23)19(14(12,20(12)13)28-10(18)24)6(26-8(16)22)4-5-25-7(15)21/h6H,4-5H2,1-3H3,(H2,15,21)(H2,16,22)(H2,17,23)(H2,18,24). The number of hydrogen-bond donors (Lipinski definition) is 4. The highest BCUT2D eigenvalue weighted by Gasteiger charge is 3.25. The van der Waals surface area contributed by atoms with Crippen LogP contribution in [-0.4, -0.2) is 64.2 Å². The number of amides is 4. The second-order valence-corrected chi connectivity index (χ2v) is 7.57. The van der Waals surface area contributed by atoms with E-state index in [1.165, 1.54) is 4.90 Å². The van der Waals surface area contributed by atoms with Gasteiger partial charge in [-0.25, -0.2) is 19.2 Å². The molecule has 4 aliphatic heterocycles. The third kappa shape index (κ3) is 2.03. The summed E-state index contributed by atoms with van der Waals surface area (Å²) in [6.07, 6.45) is -5.72. The van der Waals surface area contributed by atoms with Gasteiger partial charge in [-0.15, -0.1) is 0 Å². The molecule has 0 aromatic carbocycles. The summed E-state index contributed by atoms with van der Waals surface area (Å²) >= 11 is 0. The average Bonchev–Trinajstić information content (AvgIpc) is 3.26. The summed E-state index contributed by atoms with van der Waals surface area (Å²) in [4.78, 5) is 48.1. The van der Waals surface area contributed by atoms with E-state index in [0.717, 1.165) is 0 Å². The maximum atomic E-state index is 11.5. The normalized spacial score (nSPS) is 35.5. The first kappa shape index (κ1) is 19.8. The number of nitrogens with two attached hydrogens (primary N) is 4. The molecule has 14 heteroatoms. The summed E-state index contributed by atoms with van der Waals surface area (Å²) in [5.41, 5.74) is 18.9. The molecule has 0 radical (unpaired) electrons. The summed E-state index contributed by atoms with van der Waals surface area (Å²) in [6, 6.07) is 0. The molecule has 4 saturated heterocycles. The van der Waals surface area contributed by atoms with E-state index < -0.39 is 53.3 Å². The van der Waals surface area contributed by atoms with Gasteiger partial charge < -0.3 is 41.9 Å². The Bertz CT molecular complexity index is 735. The largest absolute Gasteiger partial charge is 0.450 e. The van der Waals surface area contributed by atoms with Gasteiger partial charge in [-0.1, -0.05) is 20.8 Å². The van der Waals surface area contributed by atoms with Gasteiger partial charge in [-0.3, -0.25) is 0 Å². The smallest absolute Gasteiger partial charge is 0.407 e. The van der Waals surface area contributed by atoms with Crippen LogP contribution in [0.25, 0.3) is 0 Å². The molecule has 156 valence electrons. The summed E-state index contributed by atoms with van der Waals surface area (Å²) in [5, 5.41) is 0. The molecule has 0 aromatic heterocycles. The van der Waals surface area contributed by atoms with Gasteiger partial charge in [0.25, 0.3) is 11.7 Å². The first-order valence-electron chi connectivity index (χ1n) is 8.25. The Hall–Kier alpha value is -3.00. The van der Waals surface area contributed by atoms with Crippen LogP contribution < -0.4 is 22.9 Å². The topological polar surface area (TPSA) is 216 Å². The van der Waals surface area contributed by atoms with Gasteiger partial charge in [-0.05, 0) is 5.41 Å². The van der Waals surface area contributed by atoms with Crippen molar-refractivity contribution in [1.82, 2.24) is 9.80 Å². The van der Waals surface area contributed by atoms with E-state index in [-0.39, 0.29) is 13.0 Å². The molecule has 3 atom stereocenters. The maximum absolute atomic E-state index is 11.5. The van der Waals surface area contributed by atoms with Crippen molar-refractivity contribution in [2.24, 2.45) is 28.3 Å². The van der Waals surface area contributed by atoms with Gasteiger partial charge in [0.05, 0.1) is 6.61 Å². The number of hydrogen-bond acceptors (Lipinski definition) is 10. The number of carbonyl (C=O) groups is 4. The van der Waals surface area contributed by atoms with Crippen LogP contribution in [0.5, 0.6) is 0 Å². The minimum absolute atomic E-state index is 0.117. The molecule has 2 bridgehead atoms. The summed E-state index contributed by atoms with van der Waals surface area (Å²) < 4.78 is 20.3. The van der Waals surface area contributed by atoms with Gasteiger partial charge in [0.2, 0.25) is 0 Å². The van der Waals surface area contributed by atoms with Gasteiger partial charge in [0.1, 0.15) is 0 Å². The van der Waals surface area contributed by atoms with Gasteiger partial charge >= 0.3 is 24.4 Å². The van der Waals surface area contributed by atoms with Crippen LogP contribution in [0.1, 0.15) is 27.2 Å². The molecule has 28 heavy (non-hydrogen) atoms. The van der Waals surface area contributed by atoms with Crippen molar-refractivity contribution in [3.05, 3.63) is 0 Å². The summed E-state index contributed by atoms with van der Waals surface area (Å²) in [7, 11) is 0. The Kier molecular flexibility index (Phi) is 3.89. The van der Waals surface area contributed by atoms with Gasteiger partial charge in [0.15, 0.2) is 11.8 Å². The highest BCUT2D eigenvalue weighted by atomic mass is 16.7. The Balaban J connectivity index is 1.94. The number of ether oxygens (including phenoxy) is 4. The summed E-state index contributed by atoms with van der Waals surface area (Å²) in [6.45, 7) is 5.23. The second-order valence-electron chi connectivity index (χ2n) is 7.57. The molecule has 0 spiro atoms. The molecule has 4 amide bonds. The lowest BCUT2D eigenvalue weighted by Crippen LogP contribution is -2.86. The minimum atomic E-state index is -1.43. The number of rotatable bonds is 7. The zero-order valence-electron chi connectivity index (χ0n) is 15.5. The fraction of sp³-hybridized carbons (Fsp3) is 0.714. The maximum Gasteiger partial charge on any atom is 0.407 e. The van der Waals surface area contributed by atoms with Gasteiger partial charge in [0, 0.05) is 6.42 Å². The van der Waals surface area contributed by atoms with E-state index in [1.807, 2.05) is 20.8 Å². The SMILES string of the molecule is CC(C)(C)C12N3C1(OC(N)=O)N(C(CCOC(N)=O)OC(N)=O)C32OC(N)=O. The zero-order valence-corrected chi connectivity index (χ0v) is 15.5. The zero-order chi connectivity index (χ0) is 21.3. The second kappa shape index (κ2) is 5.51. The lowest BCUT2D eigenvalue weighted by molar-refractivity contribution is -0.400. The van der Waals surface area contributed by atoms with E-state index in [2.05, 4.69) is 4.74 Å². The van der Waals surface area contributed by atoms with Crippen molar-refractivity contribution in [2.45, 2.75) is 50.7 Å². The number of primary amides is 4. The molecule has 0 saturated carbocycles. The third-order valence-electron chi connectivity index (χ3n) is 5.16. The molecular formula is C14H22N6O8. The monoisotopic (exact) mass is 402 g/mol. The molecule has 0 aromatic rings. The van der Waals surface area contributed by atoms with Gasteiger partial charge in [-0.2, -0.15) is 9.80 Å². The van der Waals surface area contributed by atoms with Crippen LogP contribution in [0.4, 0.5) is 19.2 Å². The first-order valence-corrected chi connectivity index (χ1v) is 8.25. The molecule has 4 heterocycles. The van der Waals surface area contributed by atoms with Crippen molar-refractivity contribution in [2.75, 3.05) is 6.61 Å². The summed E-state index contributed by atoms with van der Waals surface area (Å²) in [5.74, 6) is -2.86. The molecule has 0 aliphatic carbocycles. The highest BCUT2D eigenvalue weighted by molar-refractivity contribution is 5.75. The molecule has 4 rings (SSSR count). The van der Waals surface area contributed by atoms with Crippen LogP contribution >= 0.6 is 0 Å². The fourth-order valence-electron chi connectivity index (χ4n) is 4.65. The lowest BCUT2D eigenvalue weighted by Gasteiger charge is -2.60. The molecule has 4 fully saturated rings. The van der Waals surface area contributed by atoms with Crippen LogP contribution in [0, 0.1) is 5.41 Å². The van der Waals surface area contributed by atoms with Crippen molar-refractivity contribution in [3.63, 3.8) is 0 Å². The first-order chi connectivity index (χ1) is 12.8. The minimum Gasteiger partial charge on any atom is -0.450 e. The van der Waals surface area contributed by atoms with Crippen LogP contribution in [-0.2, 0) is 18.9 Å². The van der Waals surface area contributed by atoms with E-state index in [1.54, 1.807) is 4.90 Å². The van der Waals surface area contributed by atoms with E-state index >= 15 is 0 Å². The Morgan fingerprint density at radius 2 is 1.39 bits per heavy atom. The molecule has 3 unspecified atom stereocenters. The van der Waals surface area contributed by atoms with Crippen LogP contribution in [0.15, 0.2) is 0 Å².